The van der Waals surface area contributed by atoms with Crippen LogP contribution in [0.2, 0.25) is 0 Å². The Balaban J connectivity index is 0.000000921. The molecule has 0 saturated carbocycles. The van der Waals surface area contributed by atoms with E-state index >= 15 is 0 Å². The fourth-order valence-corrected chi connectivity index (χ4v) is 1.23. The Morgan fingerprint density at radius 2 is 1.73 bits per heavy atom. The summed E-state index contributed by atoms with van der Waals surface area (Å²) in [6.07, 6.45) is 1.11. The summed E-state index contributed by atoms with van der Waals surface area (Å²) in [7, 11) is 1.72. The lowest BCUT2D eigenvalue weighted by atomic mass is 10.1. The van der Waals surface area contributed by atoms with Crippen molar-refractivity contribution in [3.63, 3.8) is 0 Å². The van der Waals surface area contributed by atoms with Gasteiger partial charge >= 0.3 is 10.1 Å². The minimum Gasteiger partial charge on any atom is -0.381 e. The largest absolute Gasteiger partial charge is 0.381 e. The molecule has 15 heavy (non-hydrogen) atoms. The lowest BCUT2D eigenvalue weighted by molar-refractivity contribution is 0.590. The molecule has 1 aromatic carbocycles. The van der Waals surface area contributed by atoms with Gasteiger partial charge in [0.2, 0.25) is 0 Å². The minimum absolute atomic E-state index is 0.701. The van der Waals surface area contributed by atoms with E-state index in [9.17, 15) is 0 Å². The van der Waals surface area contributed by atoms with Gasteiger partial charge in [-0.3, -0.25) is 0 Å². The third-order valence-electron chi connectivity index (χ3n) is 2.08. The number of hydrogen-bond acceptors (Lipinski definition) is 3. The maximum absolute atomic E-state index is 8.06. The normalized spacial score (nSPS) is 9.20. The van der Waals surface area contributed by atoms with Gasteiger partial charge in [0.05, 0.1) is 0 Å². The zero-order valence-electron chi connectivity index (χ0n) is 9.12. The van der Waals surface area contributed by atoms with Crippen molar-refractivity contribution in [2.75, 3.05) is 13.1 Å². The number of rotatable bonds is 5. The second-order valence-corrected chi connectivity index (χ2v) is 3.14. The molecule has 1 rings (SSSR count). The monoisotopic (exact) mass is 222 g/mol. The Bertz CT molecular complexity index is 251. The summed E-state index contributed by atoms with van der Waals surface area (Å²) in [6.45, 7) is 4.67. The highest BCUT2D eigenvalue weighted by Crippen LogP contribution is 2.04. The molecule has 0 saturated heterocycles. The third-order valence-corrected chi connectivity index (χ3v) is 2.08. The van der Waals surface area contributed by atoms with E-state index in [4.69, 9.17) is 10.2 Å². The number of benzene rings is 1. The van der Waals surface area contributed by atoms with Crippen LogP contribution < -0.4 is 11.1 Å². The summed E-state index contributed by atoms with van der Waals surface area (Å²) in [5.41, 5.74) is 8.09. The summed E-state index contributed by atoms with van der Waals surface area (Å²) in [5, 5.41) is 3.26. The van der Waals surface area contributed by atoms with Gasteiger partial charge in [0, 0.05) is 19.6 Å². The number of nitrogens with two attached hydrogens (primary N) is 1. The van der Waals surface area contributed by atoms with E-state index in [-0.39, 0.29) is 0 Å². The molecule has 0 fully saturated rings. The van der Waals surface area contributed by atoms with Crippen molar-refractivity contribution in [3.8, 4) is 0 Å². The maximum Gasteiger partial charge on any atom is 0.381 e. The average Bonchev–Trinajstić information content (AvgIpc) is 2.33. The molecule has 0 bridgehead atoms. The lowest BCUT2D eigenvalue weighted by Crippen LogP contribution is -2.21. The van der Waals surface area contributed by atoms with Crippen LogP contribution in [-0.4, -0.2) is 23.2 Å². The molecule has 1 aromatic rings. The fraction of sp³-hybridized carbons (Fsp3) is 0.455. The van der Waals surface area contributed by atoms with Gasteiger partial charge in [-0.05, 0) is 17.5 Å². The molecule has 3 nitrogen and oxygen atoms in total. The van der Waals surface area contributed by atoms with Gasteiger partial charge in [-0.15, -0.1) is 0 Å². The highest BCUT2D eigenvalue weighted by Gasteiger charge is 1.92. The highest BCUT2D eigenvalue weighted by atomic mass is 28.1. The van der Waals surface area contributed by atoms with E-state index in [0.29, 0.717) is 6.54 Å². The van der Waals surface area contributed by atoms with E-state index in [0.717, 1.165) is 19.5 Å². The Morgan fingerprint density at radius 3 is 2.20 bits per heavy atom. The van der Waals surface area contributed by atoms with Crippen LogP contribution >= 0.6 is 0 Å². The van der Waals surface area contributed by atoms with E-state index in [1.807, 2.05) is 0 Å². The quantitative estimate of drug-likeness (QED) is 0.572. The smallest absolute Gasteiger partial charge is 0.381 e. The molecule has 0 amide bonds. The summed E-state index contributed by atoms with van der Waals surface area (Å²) >= 11 is 0. The Morgan fingerprint density at radius 1 is 1.20 bits per heavy atom. The lowest BCUT2D eigenvalue weighted by Gasteiger charge is -2.03. The van der Waals surface area contributed by atoms with Crippen molar-refractivity contribution in [2.45, 2.75) is 19.9 Å². The van der Waals surface area contributed by atoms with Gasteiger partial charge in [0.1, 0.15) is 0 Å². The average molecular weight is 222 g/mol. The zero-order valence-corrected chi connectivity index (χ0v) is 10.1. The van der Waals surface area contributed by atoms with E-state index < -0.39 is 0 Å². The predicted octanol–water partition coefficient (Wildman–Crippen LogP) is 0.798. The molecule has 2 radical (unpaired) electrons. The van der Waals surface area contributed by atoms with Crippen molar-refractivity contribution in [1.29, 1.82) is 0 Å². The molecule has 0 aliphatic carbocycles. The molecule has 4 heteroatoms. The predicted molar refractivity (Wildman–Crippen MR) is 63.0 cm³/mol. The van der Waals surface area contributed by atoms with Crippen LogP contribution in [0.25, 0.3) is 0 Å². The van der Waals surface area contributed by atoms with Crippen molar-refractivity contribution in [1.82, 2.24) is 5.32 Å². The number of aryl methyl sites for hydroxylation is 1. The zero-order chi connectivity index (χ0) is 11.5. The van der Waals surface area contributed by atoms with Gasteiger partial charge < -0.3 is 15.5 Å². The molecule has 0 unspecified atom stereocenters. The third kappa shape index (κ3) is 6.27. The van der Waals surface area contributed by atoms with E-state index in [2.05, 4.69) is 36.5 Å². The van der Waals surface area contributed by atoms with E-state index in [1.54, 1.807) is 10.1 Å². The van der Waals surface area contributed by atoms with Crippen LogP contribution in [0.5, 0.6) is 0 Å². The molecule has 0 heterocycles. The van der Waals surface area contributed by atoms with Crippen LogP contribution in [0.3, 0.4) is 0 Å². The van der Waals surface area contributed by atoms with Crippen LogP contribution in [0.1, 0.15) is 18.1 Å². The molecule has 3 N–H and O–H groups in total. The molecular formula is C11H18N2OSi. The molecular weight excluding hydrogens is 204 g/mol. The van der Waals surface area contributed by atoms with Crippen molar-refractivity contribution < 1.29 is 4.46 Å². The Kier molecular flexibility index (Phi) is 9.16. The van der Waals surface area contributed by atoms with E-state index in [1.165, 1.54) is 11.1 Å². The van der Waals surface area contributed by atoms with Crippen molar-refractivity contribution in [2.24, 2.45) is 5.73 Å². The first-order valence-corrected chi connectivity index (χ1v) is 5.46. The summed E-state index contributed by atoms with van der Waals surface area (Å²) in [4.78, 5) is 0. The highest BCUT2D eigenvalue weighted by molar-refractivity contribution is 5.85. The van der Waals surface area contributed by atoms with Gasteiger partial charge in [0.25, 0.3) is 0 Å². The van der Waals surface area contributed by atoms with Crippen LogP contribution in [0.4, 0.5) is 0 Å². The topological polar surface area (TPSA) is 55.1 Å². The SMILES string of the molecule is CCc1ccc(CNCCN)cc1.O=[Si]. The first kappa shape index (κ1) is 14.2. The van der Waals surface area contributed by atoms with Crippen molar-refractivity contribution in [3.05, 3.63) is 35.4 Å². The first-order chi connectivity index (χ1) is 7.36. The minimum atomic E-state index is 0.701. The van der Waals surface area contributed by atoms with Crippen LogP contribution in [0.15, 0.2) is 24.3 Å². The summed E-state index contributed by atoms with van der Waals surface area (Å²) < 4.78 is 8.06. The second kappa shape index (κ2) is 9.70. The molecule has 0 atom stereocenters. The fourth-order valence-electron chi connectivity index (χ4n) is 1.23. The standard InChI is InChI=1S/C11H18N2.OSi/c1-2-10-3-5-11(6-4-10)9-13-8-7-12;1-2/h3-6,13H,2,7-9,12H2,1H3;. The molecule has 0 spiro atoms. The van der Waals surface area contributed by atoms with Gasteiger partial charge in [-0.2, -0.15) is 0 Å². The maximum atomic E-state index is 8.06. The summed E-state index contributed by atoms with van der Waals surface area (Å²) in [5.74, 6) is 0. The number of nitrogens with one attached hydrogen (secondary N) is 1. The Hall–Kier alpha value is -0.843. The molecule has 82 valence electrons. The van der Waals surface area contributed by atoms with Crippen LogP contribution in [-0.2, 0) is 17.4 Å². The van der Waals surface area contributed by atoms with Gasteiger partial charge in [-0.25, -0.2) is 0 Å². The van der Waals surface area contributed by atoms with Gasteiger partial charge in [-0.1, -0.05) is 31.2 Å². The first-order valence-electron chi connectivity index (χ1n) is 5.06. The second-order valence-electron chi connectivity index (χ2n) is 3.14. The number of hydrogen-bond donors (Lipinski definition) is 2. The summed E-state index contributed by atoms with van der Waals surface area (Å²) in [6, 6.07) is 8.70. The molecule has 0 aliphatic heterocycles. The van der Waals surface area contributed by atoms with Crippen molar-refractivity contribution >= 4 is 10.1 Å². The Labute approximate surface area is 94.5 Å². The molecule has 0 aliphatic rings. The van der Waals surface area contributed by atoms with Gasteiger partial charge in [0.15, 0.2) is 0 Å². The van der Waals surface area contributed by atoms with Crippen LogP contribution in [0, 0.1) is 0 Å². The molecule has 0 aromatic heterocycles.